The van der Waals surface area contributed by atoms with Gasteiger partial charge in [-0.05, 0) is 13.3 Å². The second kappa shape index (κ2) is 5.38. The average molecular weight is 227 g/mol. The summed E-state index contributed by atoms with van der Waals surface area (Å²) >= 11 is 0. The zero-order valence-electron chi connectivity index (χ0n) is 9.35. The predicted molar refractivity (Wildman–Crippen MR) is 55.9 cm³/mol. The van der Waals surface area contributed by atoms with Crippen LogP contribution >= 0.6 is 0 Å². The molecule has 0 radical (unpaired) electrons. The number of hydrogen-bond donors (Lipinski definition) is 2. The molecule has 6 heteroatoms. The van der Waals surface area contributed by atoms with E-state index in [2.05, 4.69) is 15.5 Å². The Morgan fingerprint density at radius 3 is 3.19 bits per heavy atom. The first-order valence-electron chi connectivity index (χ1n) is 5.61. The Morgan fingerprint density at radius 1 is 1.62 bits per heavy atom. The number of ether oxygens (including phenoxy) is 1. The van der Waals surface area contributed by atoms with Crippen LogP contribution in [-0.2, 0) is 11.2 Å². The van der Waals surface area contributed by atoms with Crippen LogP contribution in [0.3, 0.4) is 0 Å². The molecule has 2 rings (SSSR count). The highest BCUT2D eigenvalue weighted by Crippen LogP contribution is 2.21. The van der Waals surface area contributed by atoms with E-state index >= 15 is 0 Å². The zero-order valence-corrected chi connectivity index (χ0v) is 9.35. The van der Waals surface area contributed by atoms with Crippen molar-refractivity contribution in [1.82, 2.24) is 15.5 Å². The van der Waals surface area contributed by atoms with Crippen LogP contribution in [0.4, 0.5) is 0 Å². The van der Waals surface area contributed by atoms with Crippen molar-refractivity contribution < 1.29 is 14.4 Å². The largest absolute Gasteiger partial charge is 0.392 e. The van der Waals surface area contributed by atoms with E-state index < -0.39 is 0 Å². The normalized spacial score (nSPS) is 25.1. The van der Waals surface area contributed by atoms with Crippen molar-refractivity contribution >= 4 is 0 Å². The number of nitrogens with one attached hydrogen (secondary N) is 1. The second-order valence-electron chi connectivity index (χ2n) is 3.85. The standard InChI is InChI=1S/C10H17N3O3/c1-2-15-4-3-9-12-10(16-13-9)8-5-7(14)6-11-8/h7-8,11,14H,2-6H2,1H3/t7-,8+/m1/s1. The monoisotopic (exact) mass is 227 g/mol. The lowest BCUT2D eigenvalue weighted by molar-refractivity contribution is 0.149. The summed E-state index contributed by atoms with van der Waals surface area (Å²) in [5, 5.41) is 16.4. The van der Waals surface area contributed by atoms with Gasteiger partial charge in [-0.2, -0.15) is 4.98 Å². The summed E-state index contributed by atoms with van der Waals surface area (Å²) in [6.45, 7) is 3.84. The molecule has 0 aliphatic carbocycles. The van der Waals surface area contributed by atoms with Gasteiger partial charge in [-0.25, -0.2) is 0 Å². The number of aliphatic hydroxyl groups is 1. The Balaban J connectivity index is 1.87. The minimum Gasteiger partial charge on any atom is -0.392 e. The van der Waals surface area contributed by atoms with Gasteiger partial charge in [-0.3, -0.25) is 0 Å². The molecule has 1 fully saturated rings. The SMILES string of the molecule is CCOCCc1noc([C@@H]2C[C@@H](O)CN2)n1. The maximum Gasteiger partial charge on any atom is 0.243 e. The first-order valence-corrected chi connectivity index (χ1v) is 5.61. The minimum atomic E-state index is -0.316. The lowest BCUT2D eigenvalue weighted by atomic mass is 10.2. The van der Waals surface area contributed by atoms with Crippen molar-refractivity contribution in [2.45, 2.75) is 31.9 Å². The van der Waals surface area contributed by atoms with E-state index in [1.807, 2.05) is 6.92 Å². The van der Waals surface area contributed by atoms with Crippen LogP contribution < -0.4 is 5.32 Å². The lowest BCUT2D eigenvalue weighted by Gasteiger charge is -2.01. The van der Waals surface area contributed by atoms with Gasteiger partial charge in [0.05, 0.1) is 18.8 Å². The van der Waals surface area contributed by atoms with Gasteiger partial charge in [-0.15, -0.1) is 0 Å². The third-order valence-corrected chi connectivity index (χ3v) is 2.56. The third-order valence-electron chi connectivity index (χ3n) is 2.56. The Kier molecular flexibility index (Phi) is 3.87. The van der Waals surface area contributed by atoms with Crippen LogP contribution in [0.2, 0.25) is 0 Å². The van der Waals surface area contributed by atoms with E-state index in [0.29, 0.717) is 44.3 Å². The van der Waals surface area contributed by atoms with Gasteiger partial charge < -0.3 is 19.7 Å². The summed E-state index contributed by atoms with van der Waals surface area (Å²) in [5.74, 6) is 1.22. The number of rotatable bonds is 5. The smallest absolute Gasteiger partial charge is 0.243 e. The maximum absolute atomic E-state index is 9.37. The highest BCUT2D eigenvalue weighted by atomic mass is 16.5. The Bertz CT molecular complexity index is 329. The first-order chi connectivity index (χ1) is 7.79. The molecule has 1 aromatic heterocycles. The quantitative estimate of drug-likeness (QED) is 0.691. The van der Waals surface area contributed by atoms with Gasteiger partial charge in [0.1, 0.15) is 0 Å². The van der Waals surface area contributed by atoms with Crippen molar-refractivity contribution in [2.75, 3.05) is 19.8 Å². The molecule has 0 aromatic carbocycles. The topological polar surface area (TPSA) is 80.4 Å². The van der Waals surface area contributed by atoms with Crippen LogP contribution in [0.25, 0.3) is 0 Å². The van der Waals surface area contributed by atoms with Crippen molar-refractivity contribution in [3.8, 4) is 0 Å². The van der Waals surface area contributed by atoms with Crippen molar-refractivity contribution in [3.63, 3.8) is 0 Å². The number of hydrogen-bond acceptors (Lipinski definition) is 6. The highest BCUT2D eigenvalue weighted by Gasteiger charge is 2.27. The summed E-state index contributed by atoms with van der Waals surface area (Å²) in [6.07, 6.45) is 0.975. The summed E-state index contributed by atoms with van der Waals surface area (Å²) in [4.78, 5) is 4.27. The molecule has 2 N–H and O–H groups in total. The number of nitrogens with zero attached hydrogens (tertiary/aromatic N) is 2. The van der Waals surface area contributed by atoms with E-state index in [1.54, 1.807) is 0 Å². The van der Waals surface area contributed by atoms with Crippen LogP contribution in [0.5, 0.6) is 0 Å². The molecular formula is C10H17N3O3. The van der Waals surface area contributed by atoms with E-state index in [4.69, 9.17) is 9.26 Å². The molecule has 0 bridgehead atoms. The molecule has 1 aliphatic heterocycles. The molecule has 6 nitrogen and oxygen atoms in total. The Hall–Kier alpha value is -0.980. The molecule has 0 spiro atoms. The molecule has 0 unspecified atom stereocenters. The fourth-order valence-corrected chi connectivity index (χ4v) is 1.72. The number of β-amino-alcohol motifs (C(OH)–C–C–N with tert-alkyl or cyclic N) is 1. The van der Waals surface area contributed by atoms with Crippen LogP contribution in [-0.4, -0.2) is 41.1 Å². The van der Waals surface area contributed by atoms with Crippen LogP contribution in [0.15, 0.2) is 4.52 Å². The van der Waals surface area contributed by atoms with Gasteiger partial charge >= 0.3 is 0 Å². The summed E-state index contributed by atoms with van der Waals surface area (Å²) in [6, 6.07) is -0.0108. The molecule has 2 atom stereocenters. The van der Waals surface area contributed by atoms with Gasteiger partial charge in [0, 0.05) is 19.6 Å². The number of aromatic nitrogens is 2. The van der Waals surface area contributed by atoms with Crippen molar-refractivity contribution in [3.05, 3.63) is 11.7 Å². The predicted octanol–water partition coefficient (Wildman–Crippen LogP) is 0.0439. The molecule has 0 amide bonds. The zero-order chi connectivity index (χ0) is 11.4. The molecule has 16 heavy (non-hydrogen) atoms. The number of aliphatic hydroxyl groups excluding tert-OH is 1. The lowest BCUT2D eigenvalue weighted by Crippen LogP contribution is -2.15. The molecule has 90 valence electrons. The van der Waals surface area contributed by atoms with E-state index in [1.165, 1.54) is 0 Å². The molecule has 1 saturated heterocycles. The third kappa shape index (κ3) is 2.78. The fraction of sp³-hybridized carbons (Fsp3) is 0.800. The minimum absolute atomic E-state index is 0.0108. The Morgan fingerprint density at radius 2 is 2.50 bits per heavy atom. The highest BCUT2D eigenvalue weighted by molar-refractivity contribution is 4.97. The van der Waals surface area contributed by atoms with Crippen LogP contribution in [0, 0.1) is 0 Å². The van der Waals surface area contributed by atoms with Crippen molar-refractivity contribution in [1.29, 1.82) is 0 Å². The van der Waals surface area contributed by atoms with Gasteiger partial charge in [0.2, 0.25) is 5.89 Å². The molecule has 0 saturated carbocycles. The first kappa shape index (κ1) is 11.5. The molecular weight excluding hydrogens is 210 g/mol. The summed E-state index contributed by atoms with van der Waals surface area (Å²) < 4.78 is 10.3. The fourth-order valence-electron chi connectivity index (χ4n) is 1.72. The van der Waals surface area contributed by atoms with Gasteiger partial charge in [0.15, 0.2) is 5.82 Å². The maximum atomic E-state index is 9.37. The van der Waals surface area contributed by atoms with E-state index in [-0.39, 0.29) is 12.1 Å². The average Bonchev–Trinajstić information content (AvgIpc) is 2.87. The van der Waals surface area contributed by atoms with Crippen LogP contribution in [0.1, 0.15) is 31.1 Å². The van der Waals surface area contributed by atoms with E-state index in [0.717, 1.165) is 0 Å². The molecule has 1 aromatic rings. The van der Waals surface area contributed by atoms with Crippen molar-refractivity contribution in [2.24, 2.45) is 0 Å². The van der Waals surface area contributed by atoms with Gasteiger partial charge in [-0.1, -0.05) is 5.16 Å². The summed E-state index contributed by atoms with van der Waals surface area (Å²) in [7, 11) is 0. The van der Waals surface area contributed by atoms with Gasteiger partial charge in [0.25, 0.3) is 0 Å². The van der Waals surface area contributed by atoms with E-state index in [9.17, 15) is 5.11 Å². The molecule has 1 aliphatic rings. The summed E-state index contributed by atoms with van der Waals surface area (Å²) in [5.41, 5.74) is 0. The molecule has 2 heterocycles. The second-order valence-corrected chi connectivity index (χ2v) is 3.85. The Labute approximate surface area is 94.0 Å².